The van der Waals surface area contributed by atoms with Crippen molar-refractivity contribution < 1.29 is 13.9 Å². The molecule has 3 N–H and O–H groups in total. The van der Waals surface area contributed by atoms with Crippen molar-refractivity contribution in [3.05, 3.63) is 46.8 Å². The number of pyridine rings is 1. The molecule has 0 aliphatic heterocycles. The molecular weight excluding hydrogens is 421 g/mol. The van der Waals surface area contributed by atoms with E-state index in [-0.39, 0.29) is 35.2 Å². The maximum absolute atomic E-state index is 14.9. The van der Waals surface area contributed by atoms with Gasteiger partial charge in [0.2, 0.25) is 0 Å². The molecule has 0 radical (unpaired) electrons. The maximum Gasteiger partial charge on any atom is 0.407 e. The normalized spacial score (nSPS) is 15.2. The van der Waals surface area contributed by atoms with Gasteiger partial charge in [-0.05, 0) is 89.6 Å². The van der Waals surface area contributed by atoms with Crippen molar-refractivity contribution in [3.63, 3.8) is 0 Å². The summed E-state index contributed by atoms with van der Waals surface area (Å²) in [6.45, 7) is 11.2. The zero-order chi connectivity index (χ0) is 24.3. The SMILES string of the molecule is Cc1cc(C)cc(Nc2nc(N[C@H](C3CC3)[C@H](C)NC(=O)OC(C)(C)C)c(F)cc2C#N)c1. The van der Waals surface area contributed by atoms with Crippen LogP contribution in [-0.4, -0.2) is 28.8 Å². The van der Waals surface area contributed by atoms with Crippen molar-refractivity contribution >= 4 is 23.4 Å². The molecule has 1 amide bonds. The molecule has 0 spiro atoms. The summed E-state index contributed by atoms with van der Waals surface area (Å²) in [6, 6.07) is 8.54. The van der Waals surface area contributed by atoms with Crippen molar-refractivity contribution in [1.82, 2.24) is 10.3 Å². The Morgan fingerprint density at radius 2 is 1.82 bits per heavy atom. The molecule has 2 atom stereocenters. The maximum atomic E-state index is 14.9. The van der Waals surface area contributed by atoms with Gasteiger partial charge in [-0.1, -0.05) is 6.07 Å². The summed E-state index contributed by atoms with van der Waals surface area (Å²) >= 11 is 0. The molecule has 1 heterocycles. The van der Waals surface area contributed by atoms with E-state index in [0.29, 0.717) is 0 Å². The molecule has 0 unspecified atom stereocenters. The van der Waals surface area contributed by atoms with Crippen molar-refractivity contribution in [2.24, 2.45) is 5.92 Å². The van der Waals surface area contributed by atoms with Crippen LogP contribution in [0.5, 0.6) is 0 Å². The van der Waals surface area contributed by atoms with Crippen LogP contribution in [0.15, 0.2) is 24.3 Å². The van der Waals surface area contributed by atoms with Gasteiger partial charge >= 0.3 is 6.09 Å². The van der Waals surface area contributed by atoms with Crippen molar-refractivity contribution in [1.29, 1.82) is 5.26 Å². The third-order valence-corrected chi connectivity index (χ3v) is 5.30. The summed E-state index contributed by atoms with van der Waals surface area (Å²) in [5.41, 5.74) is 2.40. The summed E-state index contributed by atoms with van der Waals surface area (Å²) < 4.78 is 20.2. The first kappa shape index (κ1) is 24.3. The Morgan fingerprint density at radius 1 is 1.18 bits per heavy atom. The number of anilines is 3. The number of carbonyl (C=O) groups excluding carboxylic acids is 1. The summed E-state index contributed by atoms with van der Waals surface area (Å²) in [7, 11) is 0. The van der Waals surface area contributed by atoms with E-state index in [0.717, 1.165) is 29.7 Å². The number of amides is 1. The second-order valence-electron chi connectivity index (χ2n) is 9.77. The lowest BCUT2D eigenvalue weighted by Crippen LogP contribution is -2.47. The van der Waals surface area contributed by atoms with E-state index in [9.17, 15) is 14.4 Å². The molecule has 7 nitrogen and oxygen atoms in total. The number of hydrogen-bond donors (Lipinski definition) is 3. The number of halogens is 1. The van der Waals surface area contributed by atoms with E-state index in [1.54, 1.807) is 20.8 Å². The third kappa shape index (κ3) is 6.82. The number of carbonyl (C=O) groups is 1. The van der Waals surface area contributed by atoms with E-state index in [2.05, 4.69) is 20.9 Å². The lowest BCUT2D eigenvalue weighted by Gasteiger charge is -2.28. The standard InChI is InChI=1S/C25H32FN5O2/c1-14-9-15(2)11-19(10-14)29-22-18(13-27)12-20(26)23(31-22)30-21(17-7-8-17)16(3)28-24(32)33-25(4,5)6/h9-12,16-17,21H,7-8H2,1-6H3,(H,28,32)(H2,29,30,31)/t16-,21-/m0/s1. The van der Waals surface area contributed by atoms with Crippen LogP contribution in [-0.2, 0) is 4.74 Å². The van der Waals surface area contributed by atoms with Gasteiger partial charge in [0.25, 0.3) is 0 Å². The van der Waals surface area contributed by atoms with Crippen LogP contribution < -0.4 is 16.0 Å². The fraction of sp³-hybridized carbons (Fsp3) is 0.480. The van der Waals surface area contributed by atoms with Gasteiger partial charge < -0.3 is 20.7 Å². The first-order chi connectivity index (χ1) is 15.4. The summed E-state index contributed by atoms with van der Waals surface area (Å²) in [6.07, 6.45) is 1.43. The van der Waals surface area contributed by atoms with E-state index in [1.165, 1.54) is 6.07 Å². The molecular formula is C25H32FN5O2. The average Bonchev–Trinajstić information content (AvgIpc) is 3.50. The Balaban J connectivity index is 1.83. The number of aromatic nitrogens is 1. The molecule has 176 valence electrons. The van der Waals surface area contributed by atoms with Gasteiger partial charge in [-0.2, -0.15) is 5.26 Å². The highest BCUT2D eigenvalue weighted by Gasteiger charge is 2.37. The van der Waals surface area contributed by atoms with Crippen LogP contribution in [0.2, 0.25) is 0 Å². The molecule has 1 aliphatic rings. The molecule has 1 aromatic carbocycles. The van der Waals surface area contributed by atoms with E-state index in [4.69, 9.17) is 4.74 Å². The number of nitriles is 1. The average molecular weight is 454 g/mol. The van der Waals surface area contributed by atoms with Gasteiger partial charge in [0, 0.05) is 11.7 Å². The lowest BCUT2D eigenvalue weighted by atomic mass is 10.0. The predicted molar refractivity (Wildman–Crippen MR) is 127 cm³/mol. The molecule has 33 heavy (non-hydrogen) atoms. The van der Waals surface area contributed by atoms with Gasteiger partial charge in [-0.15, -0.1) is 0 Å². The lowest BCUT2D eigenvalue weighted by molar-refractivity contribution is 0.0502. The van der Waals surface area contributed by atoms with Crippen molar-refractivity contribution in [2.75, 3.05) is 10.6 Å². The minimum absolute atomic E-state index is 0.0376. The fourth-order valence-corrected chi connectivity index (χ4v) is 3.80. The Kier molecular flexibility index (Phi) is 7.11. The summed E-state index contributed by atoms with van der Waals surface area (Å²) in [5, 5.41) is 18.7. The van der Waals surface area contributed by atoms with Crippen LogP contribution in [0.4, 0.5) is 26.5 Å². The van der Waals surface area contributed by atoms with Gasteiger partial charge in [0.05, 0.1) is 11.6 Å². The Hall–Kier alpha value is -3.34. The van der Waals surface area contributed by atoms with Crippen LogP contribution in [0.1, 0.15) is 57.2 Å². The van der Waals surface area contributed by atoms with Crippen LogP contribution in [0.25, 0.3) is 0 Å². The van der Waals surface area contributed by atoms with Crippen LogP contribution >= 0.6 is 0 Å². The number of benzene rings is 1. The number of nitrogens with zero attached hydrogens (tertiary/aromatic N) is 2. The van der Waals surface area contributed by atoms with Gasteiger partial charge in [-0.25, -0.2) is 14.2 Å². The molecule has 2 aromatic rings. The van der Waals surface area contributed by atoms with Crippen molar-refractivity contribution in [2.45, 2.75) is 72.1 Å². The van der Waals surface area contributed by atoms with Crippen LogP contribution in [0.3, 0.4) is 0 Å². The predicted octanol–water partition coefficient (Wildman–Crippen LogP) is 5.56. The quantitative estimate of drug-likeness (QED) is 0.508. The molecule has 0 saturated heterocycles. The Bertz CT molecular complexity index is 1050. The smallest absolute Gasteiger partial charge is 0.407 e. The highest BCUT2D eigenvalue weighted by molar-refractivity contribution is 5.69. The number of ether oxygens (including phenoxy) is 1. The second kappa shape index (κ2) is 9.65. The largest absolute Gasteiger partial charge is 0.444 e. The fourth-order valence-electron chi connectivity index (χ4n) is 3.80. The number of hydrogen-bond acceptors (Lipinski definition) is 6. The third-order valence-electron chi connectivity index (χ3n) is 5.30. The van der Waals surface area contributed by atoms with E-state index >= 15 is 0 Å². The van der Waals surface area contributed by atoms with Crippen LogP contribution in [0, 0.1) is 36.9 Å². The first-order valence-electron chi connectivity index (χ1n) is 11.2. The molecule has 1 saturated carbocycles. The number of alkyl carbamates (subject to hydrolysis) is 1. The first-order valence-corrected chi connectivity index (χ1v) is 11.2. The highest BCUT2D eigenvalue weighted by atomic mass is 19.1. The topological polar surface area (TPSA) is 99.1 Å². The zero-order valence-electron chi connectivity index (χ0n) is 20.0. The molecule has 0 bridgehead atoms. The van der Waals surface area contributed by atoms with Gasteiger partial charge in [0.15, 0.2) is 17.5 Å². The minimum atomic E-state index is -0.618. The molecule has 1 aliphatic carbocycles. The molecule has 8 heteroatoms. The number of rotatable bonds is 7. The molecule has 1 fully saturated rings. The van der Waals surface area contributed by atoms with E-state index in [1.807, 2.05) is 45.0 Å². The molecule has 1 aromatic heterocycles. The Labute approximate surface area is 194 Å². The minimum Gasteiger partial charge on any atom is -0.444 e. The zero-order valence-corrected chi connectivity index (χ0v) is 20.0. The van der Waals surface area contributed by atoms with Gasteiger partial charge in [-0.3, -0.25) is 0 Å². The van der Waals surface area contributed by atoms with Crippen molar-refractivity contribution in [3.8, 4) is 6.07 Å². The Morgan fingerprint density at radius 3 is 2.36 bits per heavy atom. The molecule has 3 rings (SSSR count). The summed E-state index contributed by atoms with van der Waals surface area (Å²) in [4.78, 5) is 16.6. The number of aryl methyl sites for hydroxylation is 2. The summed E-state index contributed by atoms with van der Waals surface area (Å²) in [5.74, 6) is -0.0282. The second-order valence-corrected chi connectivity index (χ2v) is 9.77. The van der Waals surface area contributed by atoms with Gasteiger partial charge in [0.1, 0.15) is 11.7 Å². The number of nitrogens with one attached hydrogen (secondary N) is 3. The van der Waals surface area contributed by atoms with E-state index < -0.39 is 17.5 Å². The monoisotopic (exact) mass is 453 g/mol. The highest BCUT2D eigenvalue weighted by Crippen LogP contribution is 2.36.